The number of hydrogen-bond acceptors (Lipinski definition) is 4. The number of benzene rings is 1. The zero-order valence-corrected chi connectivity index (χ0v) is 16.1. The third kappa shape index (κ3) is 2.90. The maximum absolute atomic E-state index is 12.7. The Morgan fingerprint density at radius 3 is 2.64 bits per heavy atom. The molecule has 6 heteroatoms. The average Bonchev–Trinajstić information content (AvgIpc) is 3.38. The van der Waals surface area contributed by atoms with Gasteiger partial charge < -0.3 is 10.6 Å². The van der Waals surface area contributed by atoms with Crippen LogP contribution in [-0.4, -0.2) is 42.3 Å². The zero-order valence-electron chi connectivity index (χ0n) is 16.1. The molecule has 1 aromatic rings. The highest BCUT2D eigenvalue weighted by atomic mass is 16.2. The van der Waals surface area contributed by atoms with Gasteiger partial charge in [-0.3, -0.25) is 19.3 Å². The molecular formula is C22H27N3O3. The van der Waals surface area contributed by atoms with Crippen LogP contribution in [-0.2, 0) is 27.2 Å². The molecule has 2 aliphatic heterocycles. The molecule has 5 rings (SSSR count). The summed E-state index contributed by atoms with van der Waals surface area (Å²) in [5.74, 6) is -0.0462. The second-order valence-corrected chi connectivity index (χ2v) is 8.77. The first-order chi connectivity index (χ1) is 13.6. The molecular weight excluding hydrogens is 354 g/mol. The quantitative estimate of drug-likeness (QED) is 0.762. The van der Waals surface area contributed by atoms with Gasteiger partial charge >= 0.3 is 0 Å². The molecule has 0 radical (unpaired) electrons. The van der Waals surface area contributed by atoms with Gasteiger partial charge in [-0.15, -0.1) is 0 Å². The number of amides is 3. The molecule has 6 nitrogen and oxygen atoms in total. The molecule has 2 saturated carbocycles. The molecule has 3 amide bonds. The monoisotopic (exact) mass is 381 g/mol. The summed E-state index contributed by atoms with van der Waals surface area (Å²) in [6, 6.07) is 6.41. The lowest BCUT2D eigenvalue weighted by atomic mass is 9.81. The van der Waals surface area contributed by atoms with Crippen molar-refractivity contribution in [1.82, 2.24) is 10.2 Å². The highest BCUT2D eigenvalue weighted by molar-refractivity contribution is 6.08. The lowest BCUT2D eigenvalue weighted by Gasteiger charge is -2.19. The van der Waals surface area contributed by atoms with Crippen LogP contribution in [0.15, 0.2) is 18.2 Å². The van der Waals surface area contributed by atoms with Crippen molar-refractivity contribution in [3.05, 3.63) is 29.3 Å². The molecule has 4 aliphatic rings. The predicted octanol–water partition coefficient (Wildman–Crippen LogP) is 1.73. The summed E-state index contributed by atoms with van der Waals surface area (Å²) >= 11 is 0. The van der Waals surface area contributed by atoms with Crippen LogP contribution < -0.4 is 10.6 Å². The van der Waals surface area contributed by atoms with Gasteiger partial charge in [-0.1, -0.05) is 12.1 Å². The van der Waals surface area contributed by atoms with Crippen molar-refractivity contribution in [2.75, 3.05) is 25.0 Å². The van der Waals surface area contributed by atoms with Gasteiger partial charge in [0.2, 0.25) is 17.7 Å². The number of carbonyl (C=O) groups is 3. The second-order valence-electron chi connectivity index (χ2n) is 8.77. The van der Waals surface area contributed by atoms with Crippen LogP contribution in [0.4, 0.5) is 5.69 Å². The average molecular weight is 381 g/mol. The van der Waals surface area contributed by atoms with Crippen LogP contribution in [0.3, 0.4) is 0 Å². The van der Waals surface area contributed by atoms with Crippen LogP contribution in [0.2, 0.25) is 0 Å². The minimum atomic E-state index is -0.242. The van der Waals surface area contributed by atoms with Gasteiger partial charge in [0.25, 0.3) is 0 Å². The molecule has 2 bridgehead atoms. The number of hydrogen-bond donors (Lipinski definition) is 2. The summed E-state index contributed by atoms with van der Waals surface area (Å²) in [6.07, 6.45) is 6.11. The van der Waals surface area contributed by atoms with Crippen molar-refractivity contribution in [3.8, 4) is 0 Å². The van der Waals surface area contributed by atoms with Gasteiger partial charge in [0.05, 0.1) is 11.8 Å². The Hall–Kier alpha value is -2.37. The molecule has 148 valence electrons. The van der Waals surface area contributed by atoms with Crippen molar-refractivity contribution in [3.63, 3.8) is 0 Å². The first-order valence-electron chi connectivity index (χ1n) is 10.6. The molecule has 4 unspecified atom stereocenters. The maximum Gasteiger partial charge on any atom is 0.240 e. The number of anilines is 1. The molecule has 0 spiro atoms. The Morgan fingerprint density at radius 2 is 1.89 bits per heavy atom. The van der Waals surface area contributed by atoms with E-state index in [2.05, 4.69) is 28.8 Å². The Labute approximate surface area is 165 Å². The van der Waals surface area contributed by atoms with Gasteiger partial charge in [-0.25, -0.2) is 0 Å². The lowest BCUT2D eigenvalue weighted by Crippen LogP contribution is -2.42. The molecule has 4 atom stereocenters. The SMILES string of the molecule is O=C(CN1C(=O)C2C3CCC(C3)C2C1=O)NCCc1ccc2c(c1)CCCN2. The number of nitrogens with one attached hydrogen (secondary N) is 2. The predicted molar refractivity (Wildman–Crippen MR) is 104 cm³/mol. The van der Waals surface area contributed by atoms with Gasteiger partial charge in [-0.05, 0) is 67.6 Å². The van der Waals surface area contributed by atoms with E-state index in [0.29, 0.717) is 18.4 Å². The number of carbonyl (C=O) groups excluding carboxylic acids is 3. The number of aryl methyl sites for hydroxylation is 1. The van der Waals surface area contributed by atoms with E-state index in [1.54, 1.807) is 0 Å². The smallest absolute Gasteiger partial charge is 0.240 e. The fraction of sp³-hybridized carbons (Fsp3) is 0.591. The van der Waals surface area contributed by atoms with E-state index in [0.717, 1.165) is 45.1 Å². The van der Waals surface area contributed by atoms with Gasteiger partial charge in [0.15, 0.2) is 0 Å². The highest BCUT2D eigenvalue weighted by Gasteiger charge is 2.60. The standard InChI is InChI=1S/C22H27N3O3/c26-18(24-9-7-13-3-6-17-14(10-13)2-1-8-23-17)12-25-21(27)19-15-4-5-16(11-15)20(19)22(25)28/h3,6,10,15-16,19-20,23H,1-2,4-5,7-9,11-12H2,(H,24,26). The van der Waals surface area contributed by atoms with Crippen molar-refractivity contribution in [1.29, 1.82) is 0 Å². The van der Waals surface area contributed by atoms with Crippen LogP contribution in [0.25, 0.3) is 0 Å². The van der Waals surface area contributed by atoms with E-state index in [1.165, 1.54) is 21.7 Å². The third-order valence-corrected chi connectivity index (χ3v) is 7.16. The Kier molecular flexibility index (Phi) is 4.37. The van der Waals surface area contributed by atoms with Crippen LogP contribution in [0.1, 0.15) is 36.8 Å². The second kappa shape index (κ2) is 6.90. The summed E-state index contributed by atoms with van der Waals surface area (Å²) in [7, 11) is 0. The summed E-state index contributed by atoms with van der Waals surface area (Å²) < 4.78 is 0. The number of likely N-dealkylation sites (tertiary alicyclic amines) is 1. The highest BCUT2D eigenvalue weighted by Crippen LogP contribution is 2.56. The molecule has 1 saturated heterocycles. The van der Waals surface area contributed by atoms with E-state index in [-0.39, 0.29) is 36.1 Å². The Bertz CT molecular complexity index is 808. The third-order valence-electron chi connectivity index (χ3n) is 7.16. The fourth-order valence-corrected chi connectivity index (χ4v) is 5.86. The molecule has 3 fully saturated rings. The number of nitrogens with zero attached hydrogens (tertiary/aromatic N) is 1. The van der Waals surface area contributed by atoms with E-state index < -0.39 is 0 Å². The number of imide groups is 1. The van der Waals surface area contributed by atoms with Crippen molar-refractivity contribution in [2.45, 2.75) is 38.5 Å². The molecule has 1 aromatic carbocycles. The largest absolute Gasteiger partial charge is 0.385 e. The summed E-state index contributed by atoms with van der Waals surface area (Å²) in [5.41, 5.74) is 3.75. The van der Waals surface area contributed by atoms with Gasteiger partial charge in [0, 0.05) is 18.8 Å². The van der Waals surface area contributed by atoms with Crippen LogP contribution in [0.5, 0.6) is 0 Å². The molecule has 0 aromatic heterocycles. The molecule has 28 heavy (non-hydrogen) atoms. The Morgan fingerprint density at radius 1 is 1.14 bits per heavy atom. The minimum Gasteiger partial charge on any atom is -0.385 e. The van der Waals surface area contributed by atoms with Crippen molar-refractivity contribution >= 4 is 23.4 Å². The lowest BCUT2D eigenvalue weighted by molar-refractivity contribution is -0.144. The first kappa shape index (κ1) is 17.7. The molecule has 2 heterocycles. The first-order valence-corrected chi connectivity index (χ1v) is 10.6. The van der Waals surface area contributed by atoms with Crippen LogP contribution in [0, 0.1) is 23.7 Å². The normalized spacial score (nSPS) is 30.2. The summed E-state index contributed by atoms with van der Waals surface area (Å²) in [5, 5.41) is 6.28. The van der Waals surface area contributed by atoms with Gasteiger partial charge in [0.1, 0.15) is 6.54 Å². The van der Waals surface area contributed by atoms with Crippen molar-refractivity contribution in [2.24, 2.45) is 23.7 Å². The van der Waals surface area contributed by atoms with E-state index in [1.807, 2.05) is 0 Å². The number of fused-ring (bicyclic) bond motifs is 6. The fourth-order valence-electron chi connectivity index (χ4n) is 5.86. The summed E-state index contributed by atoms with van der Waals surface area (Å²) in [4.78, 5) is 38.9. The van der Waals surface area contributed by atoms with Crippen LogP contribution >= 0.6 is 0 Å². The molecule has 2 N–H and O–H groups in total. The summed E-state index contributed by atoms with van der Waals surface area (Å²) in [6.45, 7) is 1.41. The van der Waals surface area contributed by atoms with E-state index >= 15 is 0 Å². The van der Waals surface area contributed by atoms with E-state index in [4.69, 9.17) is 0 Å². The molecule has 2 aliphatic carbocycles. The minimum absolute atomic E-state index is 0.112. The van der Waals surface area contributed by atoms with Gasteiger partial charge in [-0.2, -0.15) is 0 Å². The Balaban J connectivity index is 1.14. The number of rotatable bonds is 5. The maximum atomic E-state index is 12.7. The van der Waals surface area contributed by atoms with E-state index in [9.17, 15) is 14.4 Å². The topological polar surface area (TPSA) is 78.5 Å². The van der Waals surface area contributed by atoms with Crippen molar-refractivity contribution < 1.29 is 14.4 Å². The zero-order chi connectivity index (χ0) is 19.3.